The lowest BCUT2D eigenvalue weighted by Gasteiger charge is -2.45. The van der Waals surface area contributed by atoms with Gasteiger partial charge in [-0.1, -0.05) is 106 Å². The molecule has 1 heterocycles. The first kappa shape index (κ1) is 40.0. The predicted octanol–water partition coefficient (Wildman–Crippen LogP) is 7.07. The lowest BCUT2D eigenvalue weighted by Crippen LogP contribution is -2.59. The summed E-state index contributed by atoms with van der Waals surface area (Å²) < 4.78 is 0. The third-order valence-corrected chi connectivity index (χ3v) is 11.7. The summed E-state index contributed by atoms with van der Waals surface area (Å²) in [6.07, 6.45) is 2.72. The van der Waals surface area contributed by atoms with Crippen LogP contribution in [0.15, 0.2) is 66.7 Å². The van der Waals surface area contributed by atoms with Crippen LogP contribution in [0.4, 0.5) is 4.79 Å². The van der Waals surface area contributed by atoms with Gasteiger partial charge in [0.2, 0.25) is 11.8 Å². The van der Waals surface area contributed by atoms with E-state index in [4.69, 9.17) is 11.6 Å². The summed E-state index contributed by atoms with van der Waals surface area (Å²) in [6.45, 7) is 8.75. The summed E-state index contributed by atoms with van der Waals surface area (Å²) >= 11 is 6.52. The second-order valence-electron chi connectivity index (χ2n) is 15.3. The van der Waals surface area contributed by atoms with Gasteiger partial charge in [-0.25, -0.2) is 4.79 Å². The molecule has 1 aliphatic heterocycles. The number of benzene rings is 3. The Morgan fingerprint density at radius 3 is 2.25 bits per heavy atom. The van der Waals surface area contributed by atoms with Gasteiger partial charge in [-0.15, -0.1) is 0 Å². The summed E-state index contributed by atoms with van der Waals surface area (Å²) in [5, 5.41) is 31.1. The molecule has 0 radical (unpaired) electrons. The number of hydrogen-bond donors (Lipinski definition) is 4. The van der Waals surface area contributed by atoms with Crippen molar-refractivity contribution in [3.05, 3.63) is 82.9 Å². The number of carboxylic acid groups (broad SMARTS) is 1. The Labute approximate surface area is 318 Å². The number of hydrogen-bond acceptors (Lipinski definition) is 5. The monoisotopic (exact) mass is 746 g/mol. The van der Waals surface area contributed by atoms with Gasteiger partial charge in [-0.05, 0) is 79.1 Å². The predicted molar refractivity (Wildman–Crippen MR) is 208 cm³/mol. The van der Waals surface area contributed by atoms with Crippen molar-refractivity contribution in [2.45, 2.75) is 109 Å². The molecular weight excluding hydrogens is 692 g/mol. The molecule has 3 aromatic rings. The van der Waals surface area contributed by atoms with E-state index in [1.165, 1.54) is 9.80 Å². The number of carbonyl (C=O) groups is 4. The first-order valence-corrected chi connectivity index (χ1v) is 19.5. The summed E-state index contributed by atoms with van der Waals surface area (Å²) in [7, 11) is 0. The van der Waals surface area contributed by atoms with E-state index in [0.717, 1.165) is 48.4 Å². The number of nitrogens with zero attached hydrogens (tertiary/aromatic N) is 2. The Kier molecular flexibility index (Phi) is 13.4. The van der Waals surface area contributed by atoms with E-state index in [9.17, 15) is 29.4 Å². The van der Waals surface area contributed by atoms with E-state index in [0.29, 0.717) is 36.6 Å². The second kappa shape index (κ2) is 17.8. The minimum absolute atomic E-state index is 0.0388. The van der Waals surface area contributed by atoms with Gasteiger partial charge in [0, 0.05) is 36.0 Å². The van der Waals surface area contributed by atoms with E-state index in [1.807, 2.05) is 88.4 Å². The first-order valence-electron chi connectivity index (χ1n) is 19.2. The molecule has 2 fully saturated rings. The number of carbonyl (C=O) groups excluding carboxylic acids is 3. The molecule has 1 saturated carbocycles. The van der Waals surface area contributed by atoms with Crippen molar-refractivity contribution in [3.63, 3.8) is 0 Å². The second-order valence-corrected chi connectivity index (χ2v) is 15.7. The van der Waals surface area contributed by atoms with Crippen molar-refractivity contribution in [2.24, 2.45) is 11.8 Å². The molecule has 5 atom stereocenters. The van der Waals surface area contributed by atoms with Gasteiger partial charge in [0.05, 0.1) is 12.1 Å². The SMILES string of the molecule is CCN(CC)C(=O)C(O)C(C[C@@H]1CCNC1=O)NC(=O)C(CC1CCCCC1)N(C(=O)O)C(c1ccc2ccccc2c1)C(C)(C)c1cccc(Cl)c1. The zero-order chi connectivity index (χ0) is 38.3. The van der Waals surface area contributed by atoms with Crippen molar-refractivity contribution < 1.29 is 29.4 Å². The summed E-state index contributed by atoms with van der Waals surface area (Å²) in [6, 6.07) is 18.0. The molecule has 1 aliphatic carbocycles. The summed E-state index contributed by atoms with van der Waals surface area (Å²) in [5.41, 5.74) is 0.626. The molecule has 4 N–H and O–H groups in total. The highest BCUT2D eigenvalue weighted by molar-refractivity contribution is 6.30. The fraction of sp³-hybridized carbons (Fsp3) is 0.524. The molecule has 0 bridgehead atoms. The lowest BCUT2D eigenvalue weighted by atomic mass is 9.73. The van der Waals surface area contributed by atoms with Crippen molar-refractivity contribution in [3.8, 4) is 0 Å². The zero-order valence-electron chi connectivity index (χ0n) is 31.4. The first-order chi connectivity index (χ1) is 25.3. The van der Waals surface area contributed by atoms with Crippen LogP contribution in [0.5, 0.6) is 0 Å². The Hall–Kier alpha value is -4.15. The maximum absolute atomic E-state index is 15.0. The normalized spacial score (nSPS) is 18.8. The third-order valence-electron chi connectivity index (χ3n) is 11.5. The van der Waals surface area contributed by atoms with Gasteiger partial charge in [-0.3, -0.25) is 19.3 Å². The highest BCUT2D eigenvalue weighted by Crippen LogP contribution is 2.45. The highest BCUT2D eigenvalue weighted by Gasteiger charge is 2.46. The molecule has 0 aromatic heterocycles. The number of amides is 4. The number of rotatable bonds is 15. The van der Waals surface area contributed by atoms with Crippen LogP contribution in [0, 0.1) is 11.8 Å². The van der Waals surface area contributed by atoms with E-state index in [2.05, 4.69) is 10.6 Å². The van der Waals surface area contributed by atoms with Crippen LogP contribution in [0.2, 0.25) is 5.02 Å². The minimum atomic E-state index is -1.62. The zero-order valence-corrected chi connectivity index (χ0v) is 32.1. The van der Waals surface area contributed by atoms with Crippen molar-refractivity contribution in [2.75, 3.05) is 19.6 Å². The van der Waals surface area contributed by atoms with Gasteiger partial charge >= 0.3 is 6.09 Å². The van der Waals surface area contributed by atoms with Crippen LogP contribution in [0.3, 0.4) is 0 Å². The smallest absolute Gasteiger partial charge is 0.408 e. The van der Waals surface area contributed by atoms with E-state index in [1.54, 1.807) is 6.07 Å². The molecule has 0 spiro atoms. The quantitative estimate of drug-likeness (QED) is 0.131. The van der Waals surface area contributed by atoms with Crippen LogP contribution in [0.1, 0.15) is 96.2 Å². The molecule has 1 saturated heterocycles. The van der Waals surface area contributed by atoms with Crippen LogP contribution < -0.4 is 10.6 Å². The minimum Gasteiger partial charge on any atom is -0.465 e. The Balaban J connectivity index is 1.63. The molecule has 53 heavy (non-hydrogen) atoms. The van der Waals surface area contributed by atoms with Gasteiger partial charge in [0.15, 0.2) is 6.10 Å². The maximum atomic E-state index is 15.0. The van der Waals surface area contributed by atoms with Gasteiger partial charge in [0.25, 0.3) is 5.91 Å². The van der Waals surface area contributed by atoms with Crippen LogP contribution >= 0.6 is 11.6 Å². The number of fused-ring (bicyclic) bond motifs is 1. The average Bonchev–Trinajstić information content (AvgIpc) is 3.56. The molecular formula is C42H55ClN4O6. The summed E-state index contributed by atoms with van der Waals surface area (Å²) in [5.74, 6) is -1.76. The van der Waals surface area contributed by atoms with Gasteiger partial charge in [0.1, 0.15) is 6.04 Å². The molecule has 4 amide bonds. The molecule has 286 valence electrons. The standard InChI is InChI=1S/C42H55ClN4O6/c1-5-46(6-2)40(51)36(48)34(25-31-21-22-44-38(31)49)45-39(50)35(23-27-13-8-7-9-14-27)47(41(52)53)37(42(3,4)32-17-12-18-33(43)26-32)30-20-19-28-15-10-11-16-29(28)24-30/h10-12,15-20,24,26-27,31,34-37,48H,5-9,13-14,21-23,25H2,1-4H3,(H,44,49)(H,45,50)(H,52,53)/t31-,34?,35?,36?,37?/m0/s1. The average molecular weight is 747 g/mol. The number of halogens is 1. The molecule has 4 unspecified atom stereocenters. The topological polar surface area (TPSA) is 139 Å². The Morgan fingerprint density at radius 1 is 0.925 bits per heavy atom. The maximum Gasteiger partial charge on any atom is 0.408 e. The van der Waals surface area contributed by atoms with Crippen LogP contribution in [0.25, 0.3) is 10.8 Å². The number of likely N-dealkylation sites (N-methyl/N-ethyl adjacent to an activating group) is 1. The van der Waals surface area contributed by atoms with Gasteiger partial charge < -0.3 is 25.7 Å². The Morgan fingerprint density at radius 2 is 1.62 bits per heavy atom. The molecule has 2 aliphatic rings. The van der Waals surface area contributed by atoms with E-state index < -0.39 is 53.5 Å². The third kappa shape index (κ3) is 9.33. The molecule has 3 aromatic carbocycles. The molecule has 5 rings (SSSR count). The number of aliphatic hydroxyl groups is 1. The Bertz CT molecular complexity index is 1760. The van der Waals surface area contributed by atoms with Crippen LogP contribution in [-0.4, -0.2) is 81.6 Å². The highest BCUT2D eigenvalue weighted by atomic mass is 35.5. The summed E-state index contributed by atoms with van der Waals surface area (Å²) in [4.78, 5) is 57.9. The van der Waals surface area contributed by atoms with Crippen molar-refractivity contribution >= 4 is 46.2 Å². The fourth-order valence-corrected chi connectivity index (χ4v) is 8.67. The van der Waals surface area contributed by atoms with Crippen molar-refractivity contribution in [1.29, 1.82) is 0 Å². The molecule has 10 nitrogen and oxygen atoms in total. The van der Waals surface area contributed by atoms with Crippen molar-refractivity contribution in [1.82, 2.24) is 20.4 Å². The fourth-order valence-electron chi connectivity index (χ4n) is 8.48. The number of nitrogens with one attached hydrogen (secondary N) is 2. The molecule has 11 heteroatoms. The van der Waals surface area contributed by atoms with Gasteiger partial charge in [-0.2, -0.15) is 0 Å². The van der Waals surface area contributed by atoms with Crippen LogP contribution in [-0.2, 0) is 19.8 Å². The van der Waals surface area contributed by atoms with E-state index >= 15 is 0 Å². The lowest BCUT2D eigenvalue weighted by molar-refractivity contribution is -0.143. The van der Waals surface area contributed by atoms with E-state index in [-0.39, 0.29) is 24.7 Å². The number of aliphatic hydroxyl groups excluding tert-OH is 1. The largest absolute Gasteiger partial charge is 0.465 e.